The van der Waals surface area contributed by atoms with Gasteiger partial charge in [0.2, 0.25) is 0 Å². The molecular weight excluding hydrogens is 488 g/mol. The van der Waals surface area contributed by atoms with Crippen molar-refractivity contribution in [3.63, 3.8) is 0 Å². The van der Waals surface area contributed by atoms with Gasteiger partial charge in [-0.05, 0) is 42.0 Å². The number of hydrogen-bond donors (Lipinski definition) is 1. The Balaban J connectivity index is 1.84. The monoisotopic (exact) mass is 524 g/mol. The lowest BCUT2D eigenvalue weighted by Gasteiger charge is -2.10. The Morgan fingerprint density at radius 2 is 1.34 bits per heavy atom. The maximum absolute atomic E-state index is 13.3. The molecule has 0 saturated carbocycles. The van der Waals surface area contributed by atoms with E-state index in [1.54, 1.807) is 10.6 Å². The first kappa shape index (κ1) is 28.6. The molecule has 38 heavy (non-hydrogen) atoms. The van der Waals surface area contributed by atoms with Crippen molar-refractivity contribution in [2.75, 3.05) is 0 Å². The molecule has 0 spiro atoms. The molecule has 0 aliphatic heterocycles. The number of ketones is 2. The maximum Gasteiger partial charge on any atom is 0.305 e. The fourth-order valence-corrected chi connectivity index (χ4v) is 4.62. The van der Waals surface area contributed by atoms with E-state index < -0.39 is 10.9 Å². The predicted molar refractivity (Wildman–Crippen MR) is 143 cm³/mol. The summed E-state index contributed by atoms with van der Waals surface area (Å²) in [4.78, 5) is 48.3. The fraction of sp³-hybridized carbons (Fsp3) is 0.464. The summed E-state index contributed by atoms with van der Waals surface area (Å²) in [6, 6.07) is 4.94. The van der Waals surface area contributed by atoms with Gasteiger partial charge < -0.3 is 18.8 Å². The largest absolute Gasteiger partial charge is 0.481 e. The Bertz CT molecular complexity index is 1340. The van der Waals surface area contributed by atoms with Gasteiger partial charge in [-0.2, -0.15) is 0 Å². The van der Waals surface area contributed by atoms with Gasteiger partial charge in [0.1, 0.15) is 0 Å². The Morgan fingerprint density at radius 1 is 0.842 bits per heavy atom. The smallest absolute Gasteiger partial charge is 0.305 e. The molecule has 204 valence electrons. The minimum atomic E-state index is -0.879. The van der Waals surface area contributed by atoms with Gasteiger partial charge in [0.25, 0.3) is 5.69 Å². The number of rotatable bonds is 14. The van der Waals surface area contributed by atoms with Crippen molar-refractivity contribution in [2.24, 2.45) is 11.8 Å². The van der Waals surface area contributed by atoms with Crippen LogP contribution in [0.15, 0.2) is 36.8 Å². The summed E-state index contributed by atoms with van der Waals surface area (Å²) in [5.41, 5.74) is 3.03. The summed E-state index contributed by atoms with van der Waals surface area (Å²) in [6.45, 7) is 11.3. The SMILES string of the molecule is Cc1cc(CC(=O)c2cc(CC(=O)c3cc([N+](=O)[O-])cn3CC(C)C)cn2CC(C)C)cn1CCC(=O)O. The second-order valence-electron chi connectivity index (χ2n) is 10.7. The van der Waals surface area contributed by atoms with E-state index in [1.165, 1.54) is 12.3 Å². The Labute approximate surface area is 222 Å². The summed E-state index contributed by atoms with van der Waals surface area (Å²) in [5, 5.41) is 20.3. The Hall–Kier alpha value is -3.95. The average Bonchev–Trinajstić information content (AvgIpc) is 3.48. The molecule has 3 heterocycles. The summed E-state index contributed by atoms with van der Waals surface area (Å²) in [6.07, 6.45) is 5.21. The number of nitrogens with zero attached hydrogens (tertiary/aromatic N) is 4. The van der Waals surface area contributed by atoms with Gasteiger partial charge in [0, 0.05) is 56.6 Å². The number of nitro groups is 1. The number of carboxylic acids is 1. The summed E-state index contributed by atoms with van der Waals surface area (Å²) < 4.78 is 5.35. The fourth-order valence-electron chi connectivity index (χ4n) is 4.62. The highest BCUT2D eigenvalue weighted by atomic mass is 16.6. The van der Waals surface area contributed by atoms with Crippen LogP contribution >= 0.6 is 0 Å². The van der Waals surface area contributed by atoms with E-state index in [1.807, 2.05) is 62.2 Å². The first-order valence-electron chi connectivity index (χ1n) is 12.8. The molecule has 0 atom stereocenters. The van der Waals surface area contributed by atoms with Crippen LogP contribution in [0.25, 0.3) is 0 Å². The van der Waals surface area contributed by atoms with Crippen LogP contribution in [0.4, 0.5) is 5.69 Å². The number of aromatic nitrogens is 3. The first-order valence-corrected chi connectivity index (χ1v) is 12.8. The van der Waals surface area contributed by atoms with Crippen molar-refractivity contribution in [3.05, 3.63) is 75.1 Å². The van der Waals surface area contributed by atoms with Crippen LogP contribution in [-0.2, 0) is 37.3 Å². The van der Waals surface area contributed by atoms with Gasteiger partial charge in [0.15, 0.2) is 11.6 Å². The zero-order valence-corrected chi connectivity index (χ0v) is 22.6. The summed E-state index contributed by atoms with van der Waals surface area (Å²) in [7, 11) is 0. The van der Waals surface area contributed by atoms with Crippen molar-refractivity contribution >= 4 is 23.2 Å². The molecule has 0 aliphatic carbocycles. The van der Waals surface area contributed by atoms with Crippen LogP contribution in [0.5, 0.6) is 0 Å². The highest BCUT2D eigenvalue weighted by Gasteiger charge is 2.22. The lowest BCUT2D eigenvalue weighted by molar-refractivity contribution is -0.384. The average molecular weight is 525 g/mol. The lowest BCUT2D eigenvalue weighted by atomic mass is 10.1. The molecule has 0 bridgehead atoms. The van der Waals surface area contributed by atoms with E-state index in [-0.39, 0.29) is 54.0 Å². The van der Waals surface area contributed by atoms with Crippen LogP contribution in [-0.4, -0.2) is 41.3 Å². The first-order chi connectivity index (χ1) is 17.8. The standard InChI is InChI=1S/C28H36N4O6/c1-18(2)13-30-16-22(11-27(34)25-12-23(32(37)38)17-31(25)14-19(3)4)9-24(30)26(33)10-21-8-20(5)29(15-21)7-6-28(35)36/h8-9,12,15-19H,6-7,10-11,13-14H2,1-5H3,(H,35,36). The molecule has 0 fully saturated rings. The normalized spacial score (nSPS) is 11.4. The quantitative estimate of drug-likeness (QED) is 0.181. The molecule has 0 unspecified atom stereocenters. The van der Waals surface area contributed by atoms with Crippen molar-refractivity contribution in [1.82, 2.24) is 13.7 Å². The molecule has 0 radical (unpaired) electrons. The van der Waals surface area contributed by atoms with Gasteiger partial charge in [0.05, 0.1) is 28.9 Å². The highest BCUT2D eigenvalue weighted by molar-refractivity contribution is 5.99. The second kappa shape index (κ2) is 12.1. The number of hydrogen-bond acceptors (Lipinski definition) is 5. The molecule has 3 rings (SSSR count). The topological polar surface area (TPSA) is 129 Å². The number of aliphatic carboxylic acids is 1. The van der Waals surface area contributed by atoms with E-state index in [4.69, 9.17) is 5.11 Å². The van der Waals surface area contributed by atoms with E-state index in [0.29, 0.717) is 30.9 Å². The summed E-state index contributed by atoms with van der Waals surface area (Å²) in [5.74, 6) is -0.755. The molecule has 10 nitrogen and oxygen atoms in total. The van der Waals surface area contributed by atoms with Crippen molar-refractivity contribution in [3.8, 4) is 0 Å². The minimum Gasteiger partial charge on any atom is -0.481 e. The number of carbonyl (C=O) groups is 3. The lowest BCUT2D eigenvalue weighted by Crippen LogP contribution is -2.13. The molecule has 1 N–H and O–H groups in total. The third kappa shape index (κ3) is 7.30. The zero-order chi connectivity index (χ0) is 28.1. The molecule has 0 amide bonds. The minimum absolute atomic E-state index is 0.00123. The Kier molecular flexibility index (Phi) is 9.08. The number of carboxylic acid groups (broad SMARTS) is 1. The van der Waals surface area contributed by atoms with Crippen molar-refractivity contribution in [2.45, 2.75) is 73.5 Å². The van der Waals surface area contributed by atoms with Gasteiger partial charge in [-0.3, -0.25) is 24.5 Å². The number of carbonyl (C=O) groups excluding carboxylic acids is 2. The molecule has 3 aromatic heterocycles. The van der Waals surface area contributed by atoms with Crippen LogP contribution < -0.4 is 0 Å². The van der Waals surface area contributed by atoms with Gasteiger partial charge in [-0.25, -0.2) is 0 Å². The molecule has 0 aromatic carbocycles. The third-order valence-corrected chi connectivity index (χ3v) is 6.21. The van der Waals surface area contributed by atoms with Crippen LogP contribution in [0.1, 0.15) is 71.9 Å². The van der Waals surface area contributed by atoms with Crippen molar-refractivity contribution in [1.29, 1.82) is 0 Å². The summed E-state index contributed by atoms with van der Waals surface area (Å²) >= 11 is 0. The van der Waals surface area contributed by atoms with Gasteiger partial charge in [-0.1, -0.05) is 27.7 Å². The molecule has 0 saturated heterocycles. The van der Waals surface area contributed by atoms with Crippen LogP contribution in [0, 0.1) is 28.9 Å². The van der Waals surface area contributed by atoms with E-state index in [2.05, 4.69) is 0 Å². The number of aryl methyl sites for hydroxylation is 2. The highest BCUT2D eigenvalue weighted by Crippen LogP contribution is 2.22. The van der Waals surface area contributed by atoms with E-state index >= 15 is 0 Å². The van der Waals surface area contributed by atoms with Crippen LogP contribution in [0.2, 0.25) is 0 Å². The van der Waals surface area contributed by atoms with Gasteiger partial charge >= 0.3 is 5.97 Å². The second-order valence-corrected chi connectivity index (χ2v) is 10.7. The van der Waals surface area contributed by atoms with Crippen LogP contribution in [0.3, 0.4) is 0 Å². The molecule has 3 aromatic rings. The maximum atomic E-state index is 13.3. The van der Waals surface area contributed by atoms with Gasteiger partial charge in [-0.15, -0.1) is 0 Å². The number of Topliss-reactive ketones (excluding diaryl/α,β-unsaturated/α-hetero) is 2. The van der Waals surface area contributed by atoms with E-state index in [0.717, 1.165) is 11.3 Å². The van der Waals surface area contributed by atoms with Crippen molar-refractivity contribution < 1.29 is 24.4 Å². The Morgan fingerprint density at radius 3 is 1.87 bits per heavy atom. The molecule has 10 heteroatoms. The van der Waals surface area contributed by atoms with E-state index in [9.17, 15) is 24.5 Å². The third-order valence-electron chi connectivity index (χ3n) is 6.21. The molecule has 0 aliphatic rings. The molecular formula is C28H36N4O6. The predicted octanol–water partition coefficient (Wildman–Crippen LogP) is 4.95. The zero-order valence-electron chi connectivity index (χ0n) is 22.6.